The topological polar surface area (TPSA) is 33.1 Å². The van der Waals surface area contributed by atoms with Crippen LogP contribution in [0.1, 0.15) is 24.8 Å². The molecule has 86 valence electrons. The minimum absolute atomic E-state index is 0.274. The van der Waals surface area contributed by atoms with Crippen LogP contribution in [0.5, 0.6) is 0 Å². The third-order valence-corrected chi connectivity index (χ3v) is 2.80. The number of thiazole rings is 1. The molecule has 1 unspecified atom stereocenters. The van der Waals surface area contributed by atoms with Gasteiger partial charge in [-0.1, -0.05) is 37.3 Å². The van der Waals surface area contributed by atoms with Crippen molar-refractivity contribution in [2.45, 2.75) is 19.3 Å². The highest BCUT2D eigenvalue weighted by molar-refractivity contribution is 7.07. The van der Waals surface area contributed by atoms with Crippen LogP contribution in [0.25, 0.3) is 0 Å². The van der Waals surface area contributed by atoms with Crippen LogP contribution in [-0.4, -0.2) is 16.7 Å². The quantitative estimate of drug-likeness (QED) is 0.885. The predicted octanol–water partition coefficient (Wildman–Crippen LogP) is 3.32. The maximum Gasteiger partial charge on any atom is 0.0791 e. The van der Waals surface area contributed by atoms with Crippen molar-refractivity contribution in [2.24, 2.45) is 0 Å². The second kappa shape index (κ2) is 8.02. The highest BCUT2D eigenvalue weighted by Gasteiger charge is 2.01. The number of hydrogen-bond donors (Lipinski definition) is 1. The first-order chi connectivity index (χ1) is 7.84. The van der Waals surface area contributed by atoms with E-state index in [4.69, 9.17) is 5.11 Å². The molecule has 0 aliphatic heterocycles. The Labute approximate surface area is 101 Å². The number of hydrogen-bond acceptors (Lipinski definition) is 3. The van der Waals surface area contributed by atoms with Crippen molar-refractivity contribution in [3.05, 3.63) is 53.0 Å². The number of aromatic nitrogens is 1. The van der Waals surface area contributed by atoms with Gasteiger partial charge in [0.15, 0.2) is 0 Å². The molecular formula is C13H17NOS. The summed E-state index contributed by atoms with van der Waals surface area (Å²) >= 11 is 1.60. The van der Waals surface area contributed by atoms with Crippen LogP contribution in [0, 0.1) is 0 Å². The highest BCUT2D eigenvalue weighted by atomic mass is 32.1. The maximum atomic E-state index is 8.70. The Kier molecular flexibility index (Phi) is 6.45. The van der Waals surface area contributed by atoms with Gasteiger partial charge in [-0.2, -0.15) is 0 Å². The summed E-state index contributed by atoms with van der Waals surface area (Å²) in [5, 5.41) is 10.6. The van der Waals surface area contributed by atoms with Crippen LogP contribution in [0.2, 0.25) is 0 Å². The molecule has 0 aliphatic carbocycles. The molecule has 1 aromatic carbocycles. The zero-order valence-electron chi connectivity index (χ0n) is 9.41. The molecule has 16 heavy (non-hydrogen) atoms. The zero-order chi connectivity index (χ0) is 11.6. The lowest BCUT2D eigenvalue weighted by Gasteiger charge is -2.08. The number of nitrogens with zero attached hydrogens (tertiary/aromatic N) is 1. The Hall–Kier alpha value is -1.19. The van der Waals surface area contributed by atoms with Crippen molar-refractivity contribution >= 4 is 11.3 Å². The van der Waals surface area contributed by atoms with Crippen molar-refractivity contribution in [2.75, 3.05) is 6.61 Å². The van der Waals surface area contributed by atoms with E-state index in [2.05, 4.69) is 24.0 Å². The monoisotopic (exact) mass is 235 g/mol. The van der Waals surface area contributed by atoms with Crippen LogP contribution >= 0.6 is 11.3 Å². The van der Waals surface area contributed by atoms with E-state index in [0.29, 0.717) is 5.92 Å². The Morgan fingerprint density at radius 1 is 1.31 bits per heavy atom. The van der Waals surface area contributed by atoms with Crippen molar-refractivity contribution in [1.82, 2.24) is 4.98 Å². The SMILES string of the molecule is CC(CCO)c1ccccc1.c1cscn1. The van der Waals surface area contributed by atoms with Crippen LogP contribution in [0.15, 0.2) is 47.4 Å². The molecule has 0 aliphatic rings. The van der Waals surface area contributed by atoms with Gasteiger partial charge >= 0.3 is 0 Å². The number of aliphatic hydroxyl groups is 1. The molecule has 0 saturated heterocycles. The minimum Gasteiger partial charge on any atom is -0.396 e. The summed E-state index contributed by atoms with van der Waals surface area (Å²) in [6, 6.07) is 10.3. The molecule has 0 spiro atoms. The fraction of sp³-hybridized carbons (Fsp3) is 0.308. The Bertz CT molecular complexity index is 330. The van der Waals surface area contributed by atoms with Crippen LogP contribution in [0.4, 0.5) is 0 Å². The standard InChI is InChI=1S/C10H14O.C3H3NS/c1-9(7-8-11)10-5-3-2-4-6-10;1-2-5-3-4-1/h2-6,9,11H,7-8H2,1H3;1-3H. The number of rotatable bonds is 3. The molecule has 2 aromatic rings. The van der Waals surface area contributed by atoms with Gasteiger partial charge in [0.1, 0.15) is 0 Å². The summed E-state index contributed by atoms with van der Waals surface area (Å²) in [6.45, 7) is 2.40. The molecule has 1 N–H and O–H groups in total. The minimum atomic E-state index is 0.274. The van der Waals surface area contributed by atoms with Crippen molar-refractivity contribution in [1.29, 1.82) is 0 Å². The molecule has 3 heteroatoms. The van der Waals surface area contributed by atoms with Gasteiger partial charge < -0.3 is 5.11 Å². The van der Waals surface area contributed by atoms with Gasteiger partial charge in [0, 0.05) is 18.2 Å². The third-order valence-electron chi connectivity index (χ3n) is 2.28. The molecule has 0 bridgehead atoms. The third kappa shape index (κ3) is 5.05. The first kappa shape index (κ1) is 12.9. The summed E-state index contributed by atoms with van der Waals surface area (Å²) in [7, 11) is 0. The normalized spacial score (nSPS) is 11.4. The van der Waals surface area contributed by atoms with Crippen molar-refractivity contribution in [3.63, 3.8) is 0 Å². The summed E-state index contributed by atoms with van der Waals surface area (Å²) in [5.41, 5.74) is 3.10. The van der Waals surface area contributed by atoms with E-state index in [9.17, 15) is 0 Å². The largest absolute Gasteiger partial charge is 0.396 e. The van der Waals surface area contributed by atoms with Gasteiger partial charge in [-0.05, 0) is 17.9 Å². The van der Waals surface area contributed by atoms with E-state index in [1.54, 1.807) is 23.0 Å². The maximum absolute atomic E-state index is 8.70. The predicted molar refractivity (Wildman–Crippen MR) is 68.7 cm³/mol. The smallest absolute Gasteiger partial charge is 0.0791 e. The molecule has 2 nitrogen and oxygen atoms in total. The molecule has 0 saturated carbocycles. The molecule has 0 amide bonds. The second-order valence-electron chi connectivity index (χ2n) is 3.50. The molecular weight excluding hydrogens is 218 g/mol. The lowest BCUT2D eigenvalue weighted by Crippen LogP contribution is -1.95. The van der Waals surface area contributed by atoms with Gasteiger partial charge in [-0.25, -0.2) is 0 Å². The van der Waals surface area contributed by atoms with Crippen molar-refractivity contribution in [3.8, 4) is 0 Å². The van der Waals surface area contributed by atoms with Gasteiger partial charge in [0.05, 0.1) is 5.51 Å². The van der Waals surface area contributed by atoms with Crippen molar-refractivity contribution < 1.29 is 5.11 Å². The lowest BCUT2D eigenvalue weighted by atomic mass is 9.99. The lowest BCUT2D eigenvalue weighted by molar-refractivity contribution is 0.278. The molecule has 1 aromatic heterocycles. The first-order valence-corrected chi connectivity index (χ1v) is 6.27. The average Bonchev–Trinajstić information content (AvgIpc) is 2.89. The van der Waals surface area contributed by atoms with E-state index in [-0.39, 0.29) is 6.61 Å². The summed E-state index contributed by atoms with van der Waals surface area (Å²) in [5.74, 6) is 0.473. The highest BCUT2D eigenvalue weighted by Crippen LogP contribution is 2.17. The summed E-state index contributed by atoms with van der Waals surface area (Å²) in [4.78, 5) is 3.74. The Morgan fingerprint density at radius 2 is 2.06 bits per heavy atom. The first-order valence-electron chi connectivity index (χ1n) is 5.32. The Balaban J connectivity index is 0.000000212. The fourth-order valence-corrected chi connectivity index (χ4v) is 1.67. The molecule has 1 heterocycles. The number of aliphatic hydroxyl groups excluding tert-OH is 1. The van der Waals surface area contributed by atoms with E-state index >= 15 is 0 Å². The average molecular weight is 235 g/mol. The van der Waals surface area contributed by atoms with Crippen LogP contribution in [0.3, 0.4) is 0 Å². The zero-order valence-corrected chi connectivity index (χ0v) is 10.2. The molecule has 0 fully saturated rings. The van der Waals surface area contributed by atoms with E-state index in [0.717, 1.165) is 6.42 Å². The van der Waals surface area contributed by atoms with Crippen LogP contribution < -0.4 is 0 Å². The van der Waals surface area contributed by atoms with Gasteiger partial charge in [-0.3, -0.25) is 4.98 Å². The van der Waals surface area contributed by atoms with E-state index in [1.807, 2.05) is 23.6 Å². The molecule has 2 rings (SSSR count). The van der Waals surface area contributed by atoms with E-state index in [1.165, 1.54) is 5.56 Å². The summed E-state index contributed by atoms with van der Waals surface area (Å²) in [6.07, 6.45) is 2.62. The van der Waals surface area contributed by atoms with Gasteiger partial charge in [-0.15, -0.1) is 11.3 Å². The van der Waals surface area contributed by atoms with Gasteiger partial charge in [0.2, 0.25) is 0 Å². The van der Waals surface area contributed by atoms with Crippen LogP contribution in [-0.2, 0) is 0 Å². The summed E-state index contributed by atoms with van der Waals surface area (Å²) < 4.78 is 0. The number of benzene rings is 1. The fourth-order valence-electron chi connectivity index (χ4n) is 1.32. The molecule has 0 radical (unpaired) electrons. The van der Waals surface area contributed by atoms with E-state index < -0.39 is 0 Å². The van der Waals surface area contributed by atoms with Gasteiger partial charge in [0.25, 0.3) is 0 Å². The second-order valence-corrected chi connectivity index (χ2v) is 4.25. The molecule has 1 atom stereocenters. The Morgan fingerprint density at radius 3 is 2.50 bits per heavy atom.